The van der Waals surface area contributed by atoms with Crippen LogP contribution in [0.5, 0.6) is 5.75 Å². The molecule has 0 radical (unpaired) electrons. The van der Waals surface area contributed by atoms with Crippen molar-refractivity contribution in [3.63, 3.8) is 0 Å². The van der Waals surface area contributed by atoms with E-state index in [1.54, 1.807) is 19.1 Å². The summed E-state index contributed by atoms with van der Waals surface area (Å²) in [6, 6.07) is 24.9. The molecule has 0 fully saturated rings. The standard InChI is InChI=1S/C28H25N3O4/c1-19(32)31-15-14-20-12-13-23(16-24(20)27(31)21-8-4-2-5-9-21)34-18-26-30-25(17-35-26)28(33)29-22-10-6-3-7-11-22/h2-13,16-17,27H,14-15,18H2,1H3,(H,29,33). The van der Waals surface area contributed by atoms with E-state index in [4.69, 9.17) is 9.15 Å². The summed E-state index contributed by atoms with van der Waals surface area (Å²) >= 11 is 0. The van der Waals surface area contributed by atoms with Crippen LogP contribution in [-0.2, 0) is 17.8 Å². The molecule has 0 aliphatic carbocycles. The molecule has 5 rings (SSSR count). The van der Waals surface area contributed by atoms with Crippen molar-refractivity contribution < 1.29 is 18.7 Å². The first-order chi connectivity index (χ1) is 17.1. The maximum Gasteiger partial charge on any atom is 0.277 e. The zero-order valence-corrected chi connectivity index (χ0v) is 19.3. The third-order valence-electron chi connectivity index (χ3n) is 6.04. The maximum absolute atomic E-state index is 12.4. The predicted molar refractivity (Wildman–Crippen MR) is 131 cm³/mol. The average molecular weight is 468 g/mol. The van der Waals surface area contributed by atoms with E-state index in [2.05, 4.69) is 10.3 Å². The molecule has 1 unspecified atom stereocenters. The second-order valence-corrected chi connectivity index (χ2v) is 8.37. The number of carbonyl (C=O) groups is 2. The molecule has 1 N–H and O–H groups in total. The molecule has 1 aromatic heterocycles. The average Bonchev–Trinajstić information content (AvgIpc) is 3.37. The predicted octanol–water partition coefficient (Wildman–Crippen LogP) is 5.00. The molecule has 176 valence electrons. The minimum Gasteiger partial charge on any atom is -0.484 e. The van der Waals surface area contributed by atoms with Crippen molar-refractivity contribution in [1.29, 1.82) is 0 Å². The molecule has 7 heteroatoms. The van der Waals surface area contributed by atoms with Crippen molar-refractivity contribution in [2.45, 2.75) is 26.0 Å². The summed E-state index contributed by atoms with van der Waals surface area (Å²) in [7, 11) is 0. The van der Waals surface area contributed by atoms with Gasteiger partial charge in [0.2, 0.25) is 11.8 Å². The second-order valence-electron chi connectivity index (χ2n) is 8.37. The van der Waals surface area contributed by atoms with Crippen LogP contribution in [0, 0.1) is 0 Å². The van der Waals surface area contributed by atoms with E-state index in [0.717, 1.165) is 17.5 Å². The summed E-state index contributed by atoms with van der Waals surface area (Å²) in [5.74, 6) is 0.626. The van der Waals surface area contributed by atoms with Gasteiger partial charge in [-0.05, 0) is 47.4 Å². The number of amides is 2. The lowest BCUT2D eigenvalue weighted by Crippen LogP contribution is -2.39. The normalized spacial score (nSPS) is 14.8. The highest BCUT2D eigenvalue weighted by atomic mass is 16.5. The Kier molecular flexibility index (Phi) is 6.30. The number of aromatic nitrogens is 1. The van der Waals surface area contributed by atoms with Crippen molar-refractivity contribution in [2.75, 3.05) is 11.9 Å². The fraction of sp³-hybridized carbons (Fsp3) is 0.179. The molecule has 3 aromatic carbocycles. The summed E-state index contributed by atoms with van der Waals surface area (Å²) in [5.41, 5.74) is 4.16. The SMILES string of the molecule is CC(=O)N1CCc2ccc(OCc3nc(C(=O)Nc4ccccc4)co3)cc2C1c1ccccc1. The second kappa shape index (κ2) is 9.85. The smallest absolute Gasteiger partial charge is 0.277 e. The van der Waals surface area contributed by atoms with Crippen molar-refractivity contribution in [3.05, 3.63) is 113 Å². The van der Waals surface area contributed by atoms with Gasteiger partial charge in [0.1, 0.15) is 12.0 Å². The molecule has 1 atom stereocenters. The van der Waals surface area contributed by atoms with Gasteiger partial charge in [-0.2, -0.15) is 0 Å². The van der Waals surface area contributed by atoms with E-state index >= 15 is 0 Å². The zero-order chi connectivity index (χ0) is 24.2. The van der Waals surface area contributed by atoms with Crippen LogP contribution in [-0.4, -0.2) is 28.2 Å². The molecular weight excluding hydrogens is 442 g/mol. The Bertz CT molecular complexity index is 1330. The van der Waals surface area contributed by atoms with Crippen molar-refractivity contribution in [1.82, 2.24) is 9.88 Å². The van der Waals surface area contributed by atoms with Gasteiger partial charge in [0.15, 0.2) is 12.3 Å². The number of fused-ring (bicyclic) bond motifs is 1. The highest BCUT2D eigenvalue weighted by molar-refractivity contribution is 6.02. The summed E-state index contributed by atoms with van der Waals surface area (Å²) in [6.07, 6.45) is 2.11. The van der Waals surface area contributed by atoms with Crippen LogP contribution < -0.4 is 10.1 Å². The molecule has 7 nitrogen and oxygen atoms in total. The fourth-order valence-corrected chi connectivity index (χ4v) is 4.36. The number of hydrogen-bond donors (Lipinski definition) is 1. The highest BCUT2D eigenvalue weighted by Gasteiger charge is 2.30. The zero-order valence-electron chi connectivity index (χ0n) is 19.3. The van der Waals surface area contributed by atoms with Crippen LogP contribution >= 0.6 is 0 Å². The van der Waals surface area contributed by atoms with Crippen LogP contribution in [0.25, 0.3) is 0 Å². The maximum atomic E-state index is 12.4. The van der Waals surface area contributed by atoms with Gasteiger partial charge in [-0.15, -0.1) is 0 Å². The van der Waals surface area contributed by atoms with E-state index in [1.807, 2.05) is 71.6 Å². The van der Waals surface area contributed by atoms with E-state index in [0.29, 0.717) is 23.9 Å². The van der Waals surface area contributed by atoms with Crippen molar-refractivity contribution in [2.24, 2.45) is 0 Å². The monoisotopic (exact) mass is 467 g/mol. The number of anilines is 1. The Hall–Kier alpha value is -4.39. The minimum absolute atomic E-state index is 0.0388. The summed E-state index contributed by atoms with van der Waals surface area (Å²) in [4.78, 5) is 31.0. The van der Waals surface area contributed by atoms with Crippen molar-refractivity contribution in [3.8, 4) is 5.75 Å². The van der Waals surface area contributed by atoms with Crippen LogP contribution in [0.3, 0.4) is 0 Å². The quantitative estimate of drug-likeness (QED) is 0.431. The number of nitrogens with zero attached hydrogens (tertiary/aromatic N) is 2. The van der Waals surface area contributed by atoms with Crippen LogP contribution in [0.4, 0.5) is 5.69 Å². The summed E-state index contributed by atoms with van der Waals surface area (Å²) in [5, 5.41) is 2.78. The number of nitrogens with one attached hydrogen (secondary N) is 1. The van der Waals surface area contributed by atoms with Gasteiger partial charge in [-0.1, -0.05) is 54.6 Å². The van der Waals surface area contributed by atoms with Crippen LogP contribution in [0.2, 0.25) is 0 Å². The van der Waals surface area contributed by atoms with E-state index in [-0.39, 0.29) is 30.2 Å². The molecular formula is C28H25N3O4. The Morgan fingerprint density at radius 1 is 1.06 bits per heavy atom. The number of oxazole rings is 1. The first-order valence-corrected chi connectivity index (χ1v) is 11.5. The lowest BCUT2D eigenvalue weighted by atomic mass is 9.88. The van der Waals surface area contributed by atoms with E-state index in [1.165, 1.54) is 11.8 Å². The third-order valence-corrected chi connectivity index (χ3v) is 6.04. The summed E-state index contributed by atoms with van der Waals surface area (Å²) in [6.45, 7) is 2.35. The molecule has 4 aromatic rings. The molecule has 0 saturated carbocycles. The Balaban J connectivity index is 1.32. The molecule has 1 aliphatic rings. The Morgan fingerprint density at radius 2 is 1.80 bits per heavy atom. The number of benzene rings is 3. The molecule has 0 spiro atoms. The number of carbonyl (C=O) groups excluding carboxylic acids is 2. The van der Waals surface area contributed by atoms with Crippen molar-refractivity contribution >= 4 is 17.5 Å². The topological polar surface area (TPSA) is 84.7 Å². The third kappa shape index (κ3) is 4.94. The van der Waals surface area contributed by atoms with Gasteiger partial charge in [0.25, 0.3) is 5.91 Å². The largest absolute Gasteiger partial charge is 0.484 e. The lowest BCUT2D eigenvalue weighted by molar-refractivity contribution is -0.130. The molecule has 1 aliphatic heterocycles. The van der Waals surface area contributed by atoms with Gasteiger partial charge in [-0.3, -0.25) is 9.59 Å². The minimum atomic E-state index is -0.352. The van der Waals surface area contributed by atoms with E-state index in [9.17, 15) is 9.59 Å². The number of ether oxygens (including phenoxy) is 1. The van der Waals surface area contributed by atoms with Gasteiger partial charge in [0, 0.05) is 19.2 Å². The first kappa shape index (κ1) is 22.4. The van der Waals surface area contributed by atoms with Gasteiger partial charge >= 0.3 is 0 Å². The summed E-state index contributed by atoms with van der Waals surface area (Å²) < 4.78 is 11.4. The van der Waals surface area contributed by atoms with Gasteiger partial charge in [0.05, 0.1) is 6.04 Å². The Morgan fingerprint density at radius 3 is 2.54 bits per heavy atom. The molecule has 2 amide bonds. The first-order valence-electron chi connectivity index (χ1n) is 11.5. The lowest BCUT2D eigenvalue weighted by Gasteiger charge is -2.37. The number of para-hydroxylation sites is 1. The van der Waals surface area contributed by atoms with Crippen LogP contribution in [0.15, 0.2) is 89.5 Å². The van der Waals surface area contributed by atoms with Crippen LogP contribution in [0.1, 0.15) is 46.0 Å². The van der Waals surface area contributed by atoms with Gasteiger partial charge in [-0.25, -0.2) is 4.98 Å². The van der Waals surface area contributed by atoms with E-state index < -0.39 is 0 Å². The Labute approximate surface area is 203 Å². The fourth-order valence-electron chi connectivity index (χ4n) is 4.36. The van der Waals surface area contributed by atoms with Gasteiger partial charge < -0.3 is 19.4 Å². The molecule has 35 heavy (non-hydrogen) atoms. The molecule has 0 saturated heterocycles. The number of hydrogen-bond acceptors (Lipinski definition) is 5. The highest BCUT2D eigenvalue weighted by Crippen LogP contribution is 2.37. The molecule has 0 bridgehead atoms. The number of rotatable bonds is 6. The molecule has 2 heterocycles.